The first-order valence-corrected chi connectivity index (χ1v) is 12.8. The number of methoxy groups -OCH3 is 1. The number of carbonyl (C=O) groups excluding carboxylic acids is 2. The molecule has 1 aromatic carbocycles. The van der Waals surface area contributed by atoms with Gasteiger partial charge in [0.1, 0.15) is 0 Å². The van der Waals surface area contributed by atoms with E-state index in [4.69, 9.17) is 9.72 Å². The van der Waals surface area contributed by atoms with E-state index in [0.29, 0.717) is 31.8 Å². The highest BCUT2D eigenvalue weighted by Gasteiger charge is 2.29. The fourth-order valence-corrected chi connectivity index (χ4v) is 5.35. The Hall–Kier alpha value is -3.42. The summed E-state index contributed by atoms with van der Waals surface area (Å²) in [5.41, 5.74) is 4.90. The molecule has 0 radical (unpaired) electrons. The van der Waals surface area contributed by atoms with Crippen molar-refractivity contribution in [2.45, 2.75) is 64.8 Å². The predicted octanol–water partition coefficient (Wildman–Crippen LogP) is 3.83. The highest BCUT2D eigenvalue weighted by atomic mass is 16.5. The Morgan fingerprint density at radius 3 is 2.50 bits per heavy atom. The molecule has 0 bridgehead atoms. The number of amides is 2. The summed E-state index contributed by atoms with van der Waals surface area (Å²) in [4.78, 5) is 32.6. The Labute approximate surface area is 213 Å². The van der Waals surface area contributed by atoms with Crippen molar-refractivity contribution in [3.63, 3.8) is 0 Å². The van der Waals surface area contributed by atoms with E-state index in [2.05, 4.69) is 17.3 Å². The first-order valence-electron chi connectivity index (χ1n) is 12.8. The molecular weight excluding hydrogens is 454 g/mol. The van der Waals surface area contributed by atoms with Gasteiger partial charge in [0.2, 0.25) is 17.7 Å². The number of aromatic nitrogens is 3. The number of aryl methyl sites for hydroxylation is 3. The third-order valence-electron chi connectivity index (χ3n) is 7.40. The maximum atomic E-state index is 13.1. The molecule has 8 heteroatoms. The van der Waals surface area contributed by atoms with Crippen LogP contribution in [0.5, 0.6) is 5.88 Å². The van der Waals surface area contributed by atoms with Crippen molar-refractivity contribution in [3.8, 4) is 5.88 Å². The van der Waals surface area contributed by atoms with Gasteiger partial charge in [-0.15, -0.1) is 5.10 Å². The van der Waals surface area contributed by atoms with Gasteiger partial charge in [0.25, 0.3) is 0 Å². The summed E-state index contributed by atoms with van der Waals surface area (Å²) in [5, 5.41) is 8.49. The Kier molecular flexibility index (Phi) is 7.91. The molecule has 3 aromatic rings. The molecule has 8 nitrogen and oxygen atoms in total. The third kappa shape index (κ3) is 5.22. The molecule has 4 rings (SSSR count). The second kappa shape index (κ2) is 11.1. The molecule has 0 saturated carbocycles. The number of carbonyl (C=O) groups is 2. The van der Waals surface area contributed by atoms with Crippen LogP contribution in [-0.2, 0) is 23.1 Å². The second-order valence-electron chi connectivity index (χ2n) is 9.67. The molecule has 1 unspecified atom stereocenters. The lowest BCUT2D eigenvalue weighted by atomic mass is 9.93. The Balaban J connectivity index is 1.32. The molecule has 1 atom stereocenters. The van der Waals surface area contributed by atoms with Crippen molar-refractivity contribution < 1.29 is 14.3 Å². The zero-order valence-electron chi connectivity index (χ0n) is 22.0. The Morgan fingerprint density at radius 1 is 1.17 bits per heavy atom. The number of piperidine rings is 1. The molecule has 0 aliphatic carbocycles. The van der Waals surface area contributed by atoms with Gasteiger partial charge >= 0.3 is 0 Å². The van der Waals surface area contributed by atoms with Crippen LogP contribution in [0.2, 0.25) is 0 Å². The number of fused-ring (bicyclic) bond motifs is 1. The van der Waals surface area contributed by atoms with Crippen molar-refractivity contribution in [1.82, 2.24) is 25.0 Å². The van der Waals surface area contributed by atoms with Gasteiger partial charge < -0.3 is 15.0 Å². The van der Waals surface area contributed by atoms with Crippen LogP contribution in [0.4, 0.5) is 0 Å². The van der Waals surface area contributed by atoms with E-state index in [-0.39, 0.29) is 23.8 Å². The lowest BCUT2D eigenvalue weighted by Gasteiger charge is -2.34. The summed E-state index contributed by atoms with van der Waals surface area (Å²) in [6.07, 6.45) is 3.34. The third-order valence-corrected chi connectivity index (χ3v) is 7.40. The number of likely N-dealkylation sites (tertiary alicyclic amines) is 1. The number of hydrogen-bond donors (Lipinski definition) is 1. The molecule has 1 N–H and O–H groups in total. The SMILES string of the molecule is CCC(C(=O)N1CCC(NC(=O)CCc2c(C)nc3c(c(OC)nn3C)c2C)CC1)c1ccccc1. The Morgan fingerprint density at radius 2 is 1.86 bits per heavy atom. The van der Waals surface area contributed by atoms with Gasteiger partial charge in [-0.1, -0.05) is 37.3 Å². The van der Waals surface area contributed by atoms with Crippen LogP contribution in [0.15, 0.2) is 30.3 Å². The minimum absolute atomic E-state index is 0.0348. The molecular formula is C28H37N5O3. The van der Waals surface area contributed by atoms with Crippen molar-refractivity contribution in [1.29, 1.82) is 0 Å². The summed E-state index contributed by atoms with van der Waals surface area (Å²) >= 11 is 0. The lowest BCUT2D eigenvalue weighted by molar-refractivity contribution is -0.134. The van der Waals surface area contributed by atoms with Gasteiger partial charge in [-0.25, -0.2) is 9.67 Å². The number of rotatable bonds is 8. The molecule has 3 heterocycles. The number of benzene rings is 1. The maximum Gasteiger partial charge on any atom is 0.242 e. The minimum Gasteiger partial charge on any atom is -0.479 e. The van der Waals surface area contributed by atoms with Crippen LogP contribution in [-0.4, -0.2) is 57.7 Å². The average molecular weight is 492 g/mol. The van der Waals surface area contributed by atoms with Crippen LogP contribution in [0.1, 0.15) is 60.9 Å². The van der Waals surface area contributed by atoms with Crippen molar-refractivity contribution in [2.24, 2.45) is 7.05 Å². The molecule has 2 amide bonds. The van der Waals surface area contributed by atoms with E-state index in [1.807, 2.05) is 56.1 Å². The average Bonchev–Trinajstić information content (AvgIpc) is 3.20. The number of hydrogen-bond acceptors (Lipinski definition) is 5. The largest absolute Gasteiger partial charge is 0.479 e. The van der Waals surface area contributed by atoms with E-state index >= 15 is 0 Å². The van der Waals surface area contributed by atoms with Crippen molar-refractivity contribution in [3.05, 3.63) is 52.7 Å². The zero-order valence-corrected chi connectivity index (χ0v) is 22.0. The van der Waals surface area contributed by atoms with Crippen LogP contribution in [0.25, 0.3) is 11.0 Å². The van der Waals surface area contributed by atoms with E-state index in [1.54, 1.807) is 11.8 Å². The summed E-state index contributed by atoms with van der Waals surface area (Å²) in [7, 11) is 3.46. The summed E-state index contributed by atoms with van der Waals surface area (Å²) in [6, 6.07) is 10.1. The fraction of sp³-hybridized carbons (Fsp3) is 0.500. The van der Waals surface area contributed by atoms with Gasteiger partial charge in [-0.3, -0.25) is 9.59 Å². The number of ether oxygens (including phenoxy) is 1. The number of nitrogens with zero attached hydrogens (tertiary/aromatic N) is 4. The molecule has 1 fully saturated rings. The normalized spacial score (nSPS) is 15.2. The van der Waals surface area contributed by atoms with E-state index in [9.17, 15) is 9.59 Å². The van der Waals surface area contributed by atoms with Crippen LogP contribution in [0.3, 0.4) is 0 Å². The predicted molar refractivity (Wildman–Crippen MR) is 140 cm³/mol. The molecule has 1 aliphatic heterocycles. The summed E-state index contributed by atoms with van der Waals surface area (Å²) < 4.78 is 7.17. The highest BCUT2D eigenvalue weighted by Crippen LogP contribution is 2.30. The Bertz CT molecular complexity index is 1230. The lowest BCUT2D eigenvalue weighted by Crippen LogP contribution is -2.47. The molecule has 0 spiro atoms. The molecule has 1 aliphatic rings. The maximum absolute atomic E-state index is 13.1. The van der Waals surface area contributed by atoms with Gasteiger partial charge in [-0.2, -0.15) is 0 Å². The van der Waals surface area contributed by atoms with Gasteiger partial charge in [0.05, 0.1) is 18.4 Å². The quantitative estimate of drug-likeness (QED) is 0.517. The van der Waals surface area contributed by atoms with Crippen LogP contribution < -0.4 is 10.1 Å². The van der Waals surface area contributed by atoms with Crippen molar-refractivity contribution in [2.75, 3.05) is 20.2 Å². The van der Waals surface area contributed by atoms with Gasteiger partial charge in [0, 0.05) is 38.3 Å². The van der Waals surface area contributed by atoms with E-state index in [0.717, 1.165) is 52.7 Å². The second-order valence-corrected chi connectivity index (χ2v) is 9.67. The standard InChI is InChI=1S/C28H37N5O3/c1-6-22(20-10-8-7-9-11-20)28(35)33-16-14-21(15-17-33)30-24(34)13-12-23-18(2)25-26(29-19(23)3)32(4)31-27(25)36-5/h7-11,21-22H,6,12-17H2,1-5H3,(H,30,34). The smallest absolute Gasteiger partial charge is 0.242 e. The van der Waals surface area contributed by atoms with E-state index < -0.39 is 0 Å². The highest BCUT2D eigenvalue weighted by molar-refractivity contribution is 5.86. The molecule has 2 aromatic heterocycles. The first kappa shape index (κ1) is 25.7. The molecule has 192 valence electrons. The van der Waals surface area contributed by atoms with Gasteiger partial charge in [0.15, 0.2) is 5.65 Å². The topological polar surface area (TPSA) is 89.3 Å². The zero-order chi connectivity index (χ0) is 25.8. The van der Waals surface area contributed by atoms with Crippen LogP contribution in [0, 0.1) is 13.8 Å². The minimum atomic E-state index is -0.104. The first-order chi connectivity index (χ1) is 17.3. The van der Waals surface area contributed by atoms with Crippen molar-refractivity contribution >= 4 is 22.8 Å². The number of pyridine rings is 1. The molecule has 1 saturated heterocycles. The number of nitrogens with one attached hydrogen (secondary N) is 1. The summed E-state index contributed by atoms with van der Waals surface area (Å²) in [6.45, 7) is 7.42. The molecule has 36 heavy (non-hydrogen) atoms. The fourth-order valence-electron chi connectivity index (χ4n) is 5.35. The monoisotopic (exact) mass is 491 g/mol. The van der Waals surface area contributed by atoms with E-state index in [1.165, 1.54) is 0 Å². The van der Waals surface area contributed by atoms with Gasteiger partial charge in [-0.05, 0) is 56.2 Å². The van der Waals surface area contributed by atoms with Crippen LogP contribution >= 0.6 is 0 Å². The summed E-state index contributed by atoms with van der Waals surface area (Å²) in [5.74, 6) is 0.677.